The van der Waals surface area contributed by atoms with Crippen molar-refractivity contribution in [1.82, 2.24) is 15.3 Å². The number of aromatic amines is 2. The molecule has 0 aliphatic heterocycles. The summed E-state index contributed by atoms with van der Waals surface area (Å²) < 4.78 is 0. The summed E-state index contributed by atoms with van der Waals surface area (Å²) in [7, 11) is 0. The molecule has 0 aliphatic rings. The molecule has 1 aromatic carbocycles. The van der Waals surface area contributed by atoms with Crippen LogP contribution in [0.4, 0.5) is 0 Å². The van der Waals surface area contributed by atoms with E-state index in [1.807, 2.05) is 39.0 Å². The minimum atomic E-state index is -0.343. The Bertz CT molecular complexity index is 693. The van der Waals surface area contributed by atoms with Gasteiger partial charge in [-0.1, -0.05) is 6.07 Å². The van der Waals surface area contributed by atoms with Gasteiger partial charge >= 0.3 is 5.69 Å². The molecule has 2 aromatic rings. The number of benzene rings is 1. The summed E-state index contributed by atoms with van der Waals surface area (Å²) in [6.45, 7) is 5.72. The van der Waals surface area contributed by atoms with Crippen LogP contribution in [0.1, 0.15) is 45.2 Å². The number of rotatable bonds is 5. The molecule has 0 spiro atoms. The third kappa shape index (κ3) is 4.19. The summed E-state index contributed by atoms with van der Waals surface area (Å²) in [6, 6.07) is 5.46. The summed E-state index contributed by atoms with van der Waals surface area (Å²) in [6.07, 6.45) is 1.03. The molecule has 6 heteroatoms. The van der Waals surface area contributed by atoms with Crippen LogP contribution in [0.3, 0.4) is 0 Å². The van der Waals surface area contributed by atoms with Crippen molar-refractivity contribution in [2.24, 2.45) is 5.73 Å². The average Bonchev–Trinajstić information content (AvgIpc) is 2.74. The van der Waals surface area contributed by atoms with E-state index in [1.54, 1.807) is 0 Å². The fourth-order valence-electron chi connectivity index (χ4n) is 2.15. The Kier molecular flexibility index (Phi) is 4.18. The Morgan fingerprint density at radius 2 is 2.00 bits per heavy atom. The van der Waals surface area contributed by atoms with E-state index >= 15 is 0 Å². The first-order valence-electron chi connectivity index (χ1n) is 7.05. The minimum Gasteiger partial charge on any atom is -0.350 e. The fraction of sp³-hybridized carbons (Fsp3) is 0.467. The zero-order valence-corrected chi connectivity index (χ0v) is 12.6. The molecular formula is C15H22N4O2. The highest BCUT2D eigenvalue weighted by molar-refractivity contribution is 5.78. The van der Waals surface area contributed by atoms with Crippen molar-refractivity contribution in [2.75, 3.05) is 0 Å². The molecule has 0 saturated heterocycles. The monoisotopic (exact) mass is 290 g/mol. The molecule has 0 radical (unpaired) electrons. The summed E-state index contributed by atoms with van der Waals surface area (Å²) >= 11 is 0. The van der Waals surface area contributed by atoms with Crippen LogP contribution in [0, 0.1) is 0 Å². The third-order valence-corrected chi connectivity index (χ3v) is 3.41. The third-order valence-electron chi connectivity index (χ3n) is 3.41. The number of imidazole rings is 1. The number of H-pyrrole nitrogens is 2. The molecule has 0 bridgehead atoms. The van der Waals surface area contributed by atoms with Gasteiger partial charge < -0.3 is 21.0 Å². The number of hydrogen-bond acceptors (Lipinski definition) is 3. The molecule has 0 saturated carbocycles. The maximum Gasteiger partial charge on any atom is 0.323 e. The number of nitrogens with one attached hydrogen (secondary N) is 3. The SMILES string of the molecule is CC(NC(=O)CCC(C)(C)N)c1ccc2[nH]c(=O)[nH]c2c1. The van der Waals surface area contributed by atoms with Gasteiger partial charge in [-0.05, 0) is 44.9 Å². The number of carbonyl (C=O) groups is 1. The molecule has 1 unspecified atom stereocenters. The summed E-state index contributed by atoms with van der Waals surface area (Å²) in [4.78, 5) is 28.5. The Morgan fingerprint density at radius 3 is 2.67 bits per heavy atom. The average molecular weight is 290 g/mol. The van der Waals surface area contributed by atoms with Gasteiger partial charge in [0.2, 0.25) is 5.91 Å². The molecule has 6 nitrogen and oxygen atoms in total. The van der Waals surface area contributed by atoms with Crippen LogP contribution in [0.15, 0.2) is 23.0 Å². The predicted molar refractivity (Wildman–Crippen MR) is 83.0 cm³/mol. The number of nitrogens with two attached hydrogens (primary N) is 1. The van der Waals surface area contributed by atoms with Crippen LogP contribution >= 0.6 is 0 Å². The van der Waals surface area contributed by atoms with E-state index in [9.17, 15) is 9.59 Å². The van der Waals surface area contributed by atoms with E-state index in [2.05, 4.69) is 15.3 Å². The number of carbonyl (C=O) groups excluding carboxylic acids is 1. The summed E-state index contributed by atoms with van der Waals surface area (Å²) in [5, 5.41) is 2.94. The van der Waals surface area contributed by atoms with Gasteiger partial charge in [-0.25, -0.2) is 4.79 Å². The van der Waals surface area contributed by atoms with Crippen molar-refractivity contribution in [3.8, 4) is 0 Å². The quantitative estimate of drug-likeness (QED) is 0.671. The van der Waals surface area contributed by atoms with E-state index in [4.69, 9.17) is 5.73 Å². The first kappa shape index (κ1) is 15.3. The Morgan fingerprint density at radius 1 is 1.33 bits per heavy atom. The topological polar surface area (TPSA) is 104 Å². The van der Waals surface area contributed by atoms with E-state index in [0.29, 0.717) is 12.8 Å². The predicted octanol–water partition coefficient (Wildman–Crippen LogP) is 1.55. The maximum absolute atomic E-state index is 11.9. The van der Waals surface area contributed by atoms with Crippen LogP contribution in [0.25, 0.3) is 11.0 Å². The van der Waals surface area contributed by atoms with Gasteiger partial charge in [-0.2, -0.15) is 0 Å². The van der Waals surface area contributed by atoms with Gasteiger partial charge in [-0.3, -0.25) is 4.79 Å². The second-order valence-electron chi connectivity index (χ2n) is 6.16. The number of fused-ring (bicyclic) bond motifs is 1. The van der Waals surface area contributed by atoms with Gasteiger partial charge in [-0.15, -0.1) is 0 Å². The van der Waals surface area contributed by atoms with Crippen LogP contribution < -0.4 is 16.7 Å². The maximum atomic E-state index is 11.9. The van der Waals surface area contributed by atoms with E-state index in [-0.39, 0.29) is 23.2 Å². The highest BCUT2D eigenvalue weighted by atomic mass is 16.1. The first-order chi connectivity index (χ1) is 9.74. The van der Waals surface area contributed by atoms with Crippen molar-refractivity contribution >= 4 is 16.9 Å². The second kappa shape index (κ2) is 5.73. The number of hydrogen-bond donors (Lipinski definition) is 4. The van der Waals surface area contributed by atoms with Crippen LogP contribution in [0.2, 0.25) is 0 Å². The van der Waals surface area contributed by atoms with Crippen molar-refractivity contribution in [2.45, 2.75) is 45.2 Å². The second-order valence-corrected chi connectivity index (χ2v) is 6.16. The lowest BCUT2D eigenvalue weighted by atomic mass is 9.99. The standard InChI is InChI=1S/C15H22N4O2/c1-9(17-13(20)6-7-15(2,3)16)10-4-5-11-12(8-10)19-14(21)18-11/h4-5,8-9H,6-7,16H2,1-3H3,(H,17,20)(H2,18,19,21). The van der Waals surface area contributed by atoms with Crippen LogP contribution in [-0.2, 0) is 4.79 Å². The van der Waals surface area contributed by atoms with Crippen LogP contribution in [0.5, 0.6) is 0 Å². The summed E-state index contributed by atoms with van der Waals surface area (Å²) in [5.41, 5.74) is 7.73. The van der Waals surface area contributed by atoms with Crippen molar-refractivity contribution in [3.63, 3.8) is 0 Å². The van der Waals surface area contributed by atoms with Gasteiger partial charge in [0.05, 0.1) is 17.1 Å². The minimum absolute atomic E-state index is 0.0244. The van der Waals surface area contributed by atoms with Gasteiger partial charge in [0, 0.05) is 12.0 Å². The van der Waals surface area contributed by atoms with Gasteiger partial charge in [0.15, 0.2) is 0 Å². The number of aromatic nitrogens is 2. The molecule has 1 heterocycles. The Hall–Kier alpha value is -2.08. The molecular weight excluding hydrogens is 268 g/mol. The highest BCUT2D eigenvalue weighted by Crippen LogP contribution is 2.17. The highest BCUT2D eigenvalue weighted by Gasteiger charge is 2.15. The van der Waals surface area contributed by atoms with E-state index < -0.39 is 0 Å². The first-order valence-corrected chi connectivity index (χ1v) is 7.05. The van der Waals surface area contributed by atoms with Crippen molar-refractivity contribution < 1.29 is 4.79 Å². The van der Waals surface area contributed by atoms with Crippen LogP contribution in [-0.4, -0.2) is 21.4 Å². The molecule has 5 N–H and O–H groups in total. The zero-order valence-electron chi connectivity index (χ0n) is 12.6. The lowest BCUT2D eigenvalue weighted by molar-refractivity contribution is -0.122. The number of amides is 1. The van der Waals surface area contributed by atoms with Gasteiger partial charge in [0.1, 0.15) is 0 Å². The summed E-state index contributed by atoms with van der Waals surface area (Å²) in [5.74, 6) is -0.0244. The largest absolute Gasteiger partial charge is 0.350 e. The Labute approximate surface area is 123 Å². The van der Waals surface area contributed by atoms with E-state index in [1.165, 1.54) is 0 Å². The molecule has 0 fully saturated rings. The van der Waals surface area contributed by atoms with Gasteiger partial charge in [0.25, 0.3) is 0 Å². The molecule has 1 aromatic heterocycles. The molecule has 1 atom stereocenters. The molecule has 0 aliphatic carbocycles. The van der Waals surface area contributed by atoms with Crippen molar-refractivity contribution in [1.29, 1.82) is 0 Å². The zero-order chi connectivity index (χ0) is 15.6. The van der Waals surface area contributed by atoms with Crippen molar-refractivity contribution in [3.05, 3.63) is 34.2 Å². The Balaban J connectivity index is 2.02. The lowest BCUT2D eigenvalue weighted by Crippen LogP contribution is -2.35. The molecule has 114 valence electrons. The smallest absolute Gasteiger partial charge is 0.323 e. The fourth-order valence-corrected chi connectivity index (χ4v) is 2.15. The van der Waals surface area contributed by atoms with E-state index in [0.717, 1.165) is 16.6 Å². The molecule has 21 heavy (non-hydrogen) atoms. The molecule has 1 amide bonds. The lowest BCUT2D eigenvalue weighted by Gasteiger charge is -2.19. The normalized spacial score (nSPS) is 13.3. The molecule has 2 rings (SSSR count).